The molecule has 0 saturated heterocycles. The molecule has 0 aliphatic heterocycles. The molecule has 1 rings (SSSR count). The van der Waals surface area contributed by atoms with Gasteiger partial charge in [-0.25, -0.2) is 0 Å². The molecule has 0 aromatic heterocycles. The minimum atomic E-state index is 0. The van der Waals surface area contributed by atoms with Crippen LogP contribution in [0.1, 0.15) is 55.0 Å². The molecule has 5 radical (unpaired) electrons. The van der Waals surface area contributed by atoms with E-state index in [-0.39, 0.29) is 186 Å². The van der Waals surface area contributed by atoms with Crippen LogP contribution in [0.25, 0.3) is 0 Å². The monoisotopic (exact) mass is 682 g/mol. The average Bonchev–Trinajstić information content (AvgIpc) is 2.03. The van der Waals surface area contributed by atoms with Crippen LogP contribution in [0.3, 0.4) is 0 Å². The summed E-state index contributed by atoms with van der Waals surface area (Å²) in [6, 6.07) is 10.7. The molecule has 0 N–H and O–H groups in total. The second-order valence-corrected chi connectivity index (χ2v) is 5.80. The van der Waals surface area contributed by atoms with Gasteiger partial charge in [-0.2, -0.15) is 0 Å². The largest absolute Gasteiger partial charge is 0.358 e. The van der Waals surface area contributed by atoms with E-state index in [2.05, 4.69) is 65.0 Å². The van der Waals surface area contributed by atoms with Crippen molar-refractivity contribution in [3.05, 3.63) is 43.3 Å². The first kappa shape index (κ1) is 50.4. The maximum Gasteiger partial charge on any atom is 0 e. The van der Waals surface area contributed by atoms with Crippen LogP contribution in [0.5, 0.6) is 0 Å². The molecule has 0 saturated carbocycles. The molecule has 0 nitrogen and oxygen atoms in total. The van der Waals surface area contributed by atoms with Gasteiger partial charge in [0.15, 0.2) is 0 Å². The molecule has 0 unspecified atom stereocenters. The first-order valence-corrected chi connectivity index (χ1v) is 5.37. The molecule has 1 aromatic carbocycles. The summed E-state index contributed by atoms with van der Waals surface area (Å²) >= 11 is 0. The van der Waals surface area contributed by atoms with Gasteiger partial charge in [0.2, 0.25) is 0 Å². The average molecular weight is 682 g/mol. The Morgan fingerprint density at radius 2 is 1.00 bits per heavy atom. The standard InChI is InChI=1S/C14H22.2CH4.CH3.5Y/c1-13(2,3)14(4,5)11-12-9-7-6-8-10-12;;;;;;;;/h6-10H,11H2,1-5H3;2*1H4;1H3;;;;;/q;;;-1;;;;;. The second-order valence-electron chi connectivity index (χ2n) is 5.80. The van der Waals surface area contributed by atoms with Crippen LogP contribution in [-0.4, -0.2) is 0 Å². The van der Waals surface area contributed by atoms with Gasteiger partial charge >= 0.3 is 0 Å². The Labute approximate surface area is 267 Å². The third kappa shape index (κ3) is 19.5. The van der Waals surface area contributed by atoms with Gasteiger partial charge in [0.1, 0.15) is 0 Å². The van der Waals surface area contributed by atoms with Crippen molar-refractivity contribution in [2.45, 2.75) is 55.9 Å². The number of rotatable bonds is 2. The second kappa shape index (κ2) is 23.8. The minimum Gasteiger partial charge on any atom is -0.358 e. The Morgan fingerprint density at radius 1 is 0.682 bits per heavy atom. The molecule has 22 heavy (non-hydrogen) atoms. The fourth-order valence-electron chi connectivity index (χ4n) is 1.37. The number of benzene rings is 1. The van der Waals surface area contributed by atoms with E-state index in [1.54, 1.807) is 0 Å². The van der Waals surface area contributed by atoms with Crippen molar-refractivity contribution < 1.29 is 164 Å². The van der Waals surface area contributed by atoms with Crippen molar-refractivity contribution in [2.24, 2.45) is 10.8 Å². The van der Waals surface area contributed by atoms with E-state index in [1.165, 1.54) is 5.56 Å². The van der Waals surface area contributed by atoms with Crippen molar-refractivity contribution in [2.75, 3.05) is 0 Å². The van der Waals surface area contributed by atoms with Gasteiger partial charge in [0.25, 0.3) is 0 Å². The van der Waals surface area contributed by atoms with E-state index < -0.39 is 0 Å². The molecule has 0 spiro atoms. The third-order valence-electron chi connectivity index (χ3n) is 3.52. The van der Waals surface area contributed by atoms with E-state index in [0.717, 1.165) is 6.42 Å². The number of hydrogen-bond donors (Lipinski definition) is 0. The minimum absolute atomic E-state index is 0. The summed E-state index contributed by atoms with van der Waals surface area (Å²) in [7, 11) is 0. The van der Waals surface area contributed by atoms with Crippen molar-refractivity contribution in [1.82, 2.24) is 0 Å². The van der Waals surface area contributed by atoms with Gasteiger partial charge in [0.05, 0.1) is 0 Å². The van der Waals surface area contributed by atoms with Gasteiger partial charge in [-0.3, -0.25) is 0 Å². The molecule has 0 fully saturated rings. The van der Waals surface area contributed by atoms with E-state index in [9.17, 15) is 0 Å². The zero-order chi connectivity index (χ0) is 10.8. The Kier molecular flexibility index (Phi) is 54.5. The Bertz CT molecular complexity index is 292. The number of hydrogen-bond acceptors (Lipinski definition) is 0. The summed E-state index contributed by atoms with van der Waals surface area (Å²) in [5, 5.41) is 0. The zero-order valence-electron chi connectivity index (χ0n) is 14.0. The molecule has 0 heterocycles. The Morgan fingerprint density at radius 3 is 1.27 bits per heavy atom. The molecule has 0 amide bonds. The fraction of sp³-hybridized carbons (Fsp3) is 0.588. The van der Waals surface area contributed by atoms with Crippen molar-refractivity contribution in [3.8, 4) is 0 Å². The summed E-state index contributed by atoms with van der Waals surface area (Å²) in [6.07, 6.45) is 1.15. The summed E-state index contributed by atoms with van der Waals surface area (Å²) in [5.74, 6) is 0. The Balaban J connectivity index is -0.0000000408. The van der Waals surface area contributed by atoms with Gasteiger partial charge in [-0.1, -0.05) is 79.8 Å². The van der Waals surface area contributed by atoms with Gasteiger partial charge < -0.3 is 7.43 Å². The topological polar surface area (TPSA) is 0 Å². The summed E-state index contributed by atoms with van der Waals surface area (Å²) in [6.45, 7) is 11.6. The molecule has 0 aliphatic rings. The van der Waals surface area contributed by atoms with Crippen molar-refractivity contribution in [3.63, 3.8) is 0 Å². The summed E-state index contributed by atoms with van der Waals surface area (Å²) < 4.78 is 0. The van der Waals surface area contributed by atoms with E-state index in [4.69, 9.17) is 0 Å². The normalized spacial score (nSPS) is 8.23. The van der Waals surface area contributed by atoms with Crippen LogP contribution in [0.2, 0.25) is 0 Å². The van der Waals surface area contributed by atoms with Crippen molar-refractivity contribution >= 4 is 0 Å². The van der Waals surface area contributed by atoms with E-state index in [1.807, 2.05) is 0 Å². The van der Waals surface area contributed by atoms with Crippen LogP contribution >= 0.6 is 0 Å². The van der Waals surface area contributed by atoms with Gasteiger partial charge in [0, 0.05) is 164 Å². The van der Waals surface area contributed by atoms with Crippen LogP contribution < -0.4 is 0 Å². The predicted octanol–water partition coefficient (Wildman–Crippen LogP) is 6.01. The maximum absolute atomic E-state index is 2.35. The smallest absolute Gasteiger partial charge is 0 e. The fourth-order valence-corrected chi connectivity index (χ4v) is 1.37. The maximum atomic E-state index is 2.35. The molecule has 1 aromatic rings. The third-order valence-corrected chi connectivity index (χ3v) is 3.52. The quantitative estimate of drug-likeness (QED) is 0.336. The molecule has 5 heteroatoms. The first-order valence-electron chi connectivity index (χ1n) is 5.37. The SMILES string of the molecule is C.C.CC(C)(C)C(C)(C)Cc1ccccc1.[CH3-].[Y].[Y].[Y].[Y].[Y]. The van der Waals surface area contributed by atoms with E-state index >= 15 is 0 Å². The first-order chi connectivity index (χ1) is 6.33. The zero-order valence-corrected chi connectivity index (χ0v) is 28.2. The molecule has 0 aliphatic carbocycles. The summed E-state index contributed by atoms with van der Waals surface area (Å²) in [4.78, 5) is 0. The molecule has 117 valence electrons. The predicted molar refractivity (Wildman–Crippen MR) is 83.3 cm³/mol. The van der Waals surface area contributed by atoms with Crippen LogP contribution in [0, 0.1) is 18.3 Å². The Hall–Kier alpha value is 4.74. The summed E-state index contributed by atoms with van der Waals surface area (Å²) in [5.41, 5.74) is 2.13. The van der Waals surface area contributed by atoms with E-state index in [0.29, 0.717) is 10.8 Å². The van der Waals surface area contributed by atoms with Gasteiger partial charge in [-0.15, -0.1) is 0 Å². The van der Waals surface area contributed by atoms with Gasteiger partial charge in [-0.05, 0) is 22.8 Å². The van der Waals surface area contributed by atoms with Crippen LogP contribution in [0.4, 0.5) is 0 Å². The van der Waals surface area contributed by atoms with Crippen LogP contribution in [0.15, 0.2) is 30.3 Å². The van der Waals surface area contributed by atoms with Crippen LogP contribution in [-0.2, 0) is 170 Å². The molecular weight excluding hydrogens is 649 g/mol. The molecule has 0 atom stereocenters. The molecular formula is C17H33Y5-. The van der Waals surface area contributed by atoms with Crippen molar-refractivity contribution in [1.29, 1.82) is 0 Å². The molecule has 0 bridgehead atoms.